The summed E-state index contributed by atoms with van der Waals surface area (Å²) in [5, 5.41) is 4.18. The topological polar surface area (TPSA) is 36.3 Å². The molecule has 18 heavy (non-hydrogen) atoms. The number of benzene rings is 1. The fourth-order valence-electron chi connectivity index (χ4n) is 1.59. The SMILES string of the molecule is CCOc1cccc(I)c1COc1ccn(C)n1. The number of hydrogen-bond acceptors (Lipinski definition) is 3. The van der Waals surface area contributed by atoms with Crippen LogP contribution in [0.3, 0.4) is 0 Å². The molecule has 0 N–H and O–H groups in total. The summed E-state index contributed by atoms with van der Waals surface area (Å²) in [5.74, 6) is 1.50. The van der Waals surface area contributed by atoms with Crippen LogP contribution in [0.2, 0.25) is 0 Å². The van der Waals surface area contributed by atoms with Gasteiger partial charge in [-0.15, -0.1) is 5.10 Å². The zero-order valence-corrected chi connectivity index (χ0v) is 12.5. The first-order valence-corrected chi connectivity index (χ1v) is 6.81. The summed E-state index contributed by atoms with van der Waals surface area (Å²) in [4.78, 5) is 0. The molecule has 1 aromatic heterocycles. The second kappa shape index (κ2) is 6.08. The van der Waals surface area contributed by atoms with Crippen molar-refractivity contribution in [2.45, 2.75) is 13.5 Å². The van der Waals surface area contributed by atoms with Crippen LogP contribution in [-0.2, 0) is 13.7 Å². The monoisotopic (exact) mass is 358 g/mol. The lowest BCUT2D eigenvalue weighted by Gasteiger charge is -2.12. The normalized spacial score (nSPS) is 10.4. The quantitative estimate of drug-likeness (QED) is 0.771. The molecule has 0 unspecified atom stereocenters. The number of aromatic nitrogens is 2. The van der Waals surface area contributed by atoms with Crippen LogP contribution in [0.15, 0.2) is 30.5 Å². The summed E-state index contributed by atoms with van der Waals surface area (Å²) >= 11 is 2.29. The summed E-state index contributed by atoms with van der Waals surface area (Å²) in [6, 6.07) is 7.83. The van der Waals surface area contributed by atoms with Gasteiger partial charge in [0.15, 0.2) is 0 Å². The van der Waals surface area contributed by atoms with Gasteiger partial charge in [0.1, 0.15) is 12.4 Å². The standard InChI is InChI=1S/C13H15IN2O2/c1-3-17-12-6-4-5-11(14)10(12)9-18-13-7-8-16(2)15-13/h4-8H,3,9H2,1-2H3. The number of hydrogen-bond donors (Lipinski definition) is 0. The summed E-state index contributed by atoms with van der Waals surface area (Å²) in [5.41, 5.74) is 1.06. The molecule has 0 aliphatic rings. The van der Waals surface area contributed by atoms with E-state index in [0.29, 0.717) is 19.1 Å². The van der Waals surface area contributed by atoms with Gasteiger partial charge in [0, 0.05) is 28.4 Å². The Morgan fingerprint density at radius 2 is 2.11 bits per heavy atom. The highest BCUT2D eigenvalue weighted by Crippen LogP contribution is 2.25. The Labute approximate surface area is 120 Å². The van der Waals surface area contributed by atoms with Crippen molar-refractivity contribution in [1.29, 1.82) is 0 Å². The van der Waals surface area contributed by atoms with Crippen molar-refractivity contribution in [3.63, 3.8) is 0 Å². The van der Waals surface area contributed by atoms with E-state index in [-0.39, 0.29) is 0 Å². The van der Waals surface area contributed by atoms with E-state index >= 15 is 0 Å². The van der Waals surface area contributed by atoms with Gasteiger partial charge in [0.2, 0.25) is 5.88 Å². The van der Waals surface area contributed by atoms with Crippen LogP contribution in [0.5, 0.6) is 11.6 Å². The summed E-state index contributed by atoms with van der Waals surface area (Å²) in [6.07, 6.45) is 1.86. The number of halogens is 1. The first-order chi connectivity index (χ1) is 8.70. The molecule has 0 amide bonds. The number of ether oxygens (including phenoxy) is 2. The molecule has 0 spiro atoms. The van der Waals surface area contributed by atoms with Crippen LogP contribution >= 0.6 is 22.6 Å². The van der Waals surface area contributed by atoms with E-state index < -0.39 is 0 Å². The maximum atomic E-state index is 5.66. The van der Waals surface area contributed by atoms with Crippen molar-refractivity contribution in [2.24, 2.45) is 7.05 Å². The molecule has 1 aromatic carbocycles. The van der Waals surface area contributed by atoms with E-state index in [2.05, 4.69) is 27.7 Å². The van der Waals surface area contributed by atoms with Crippen LogP contribution in [0.4, 0.5) is 0 Å². The molecule has 1 heterocycles. The molecule has 0 aliphatic carbocycles. The van der Waals surface area contributed by atoms with E-state index in [1.54, 1.807) is 4.68 Å². The molecular weight excluding hydrogens is 343 g/mol. The molecule has 0 radical (unpaired) electrons. The molecular formula is C13H15IN2O2. The summed E-state index contributed by atoms with van der Waals surface area (Å²) in [7, 11) is 1.87. The predicted octanol–water partition coefficient (Wildman–Crippen LogP) is 3.00. The first kappa shape index (κ1) is 13.2. The molecule has 0 saturated carbocycles. The van der Waals surface area contributed by atoms with Gasteiger partial charge in [-0.25, -0.2) is 0 Å². The van der Waals surface area contributed by atoms with Crippen molar-refractivity contribution >= 4 is 22.6 Å². The predicted molar refractivity (Wildman–Crippen MR) is 77.9 cm³/mol. The number of aryl methyl sites for hydroxylation is 1. The van der Waals surface area contributed by atoms with E-state index in [9.17, 15) is 0 Å². The van der Waals surface area contributed by atoms with Gasteiger partial charge in [-0.05, 0) is 41.6 Å². The minimum atomic E-state index is 0.464. The molecule has 2 aromatic rings. The largest absolute Gasteiger partial charge is 0.493 e. The van der Waals surface area contributed by atoms with Gasteiger partial charge in [-0.3, -0.25) is 4.68 Å². The van der Waals surface area contributed by atoms with Gasteiger partial charge >= 0.3 is 0 Å². The van der Waals surface area contributed by atoms with Crippen molar-refractivity contribution < 1.29 is 9.47 Å². The highest BCUT2D eigenvalue weighted by atomic mass is 127. The Morgan fingerprint density at radius 3 is 2.78 bits per heavy atom. The Bertz CT molecular complexity index is 525. The fourth-order valence-corrected chi connectivity index (χ4v) is 2.22. The highest BCUT2D eigenvalue weighted by molar-refractivity contribution is 14.1. The fraction of sp³-hybridized carbons (Fsp3) is 0.308. The van der Waals surface area contributed by atoms with Crippen LogP contribution in [0.1, 0.15) is 12.5 Å². The van der Waals surface area contributed by atoms with Crippen molar-refractivity contribution in [1.82, 2.24) is 9.78 Å². The van der Waals surface area contributed by atoms with Crippen LogP contribution in [0, 0.1) is 3.57 Å². The van der Waals surface area contributed by atoms with Gasteiger partial charge in [0.05, 0.1) is 6.61 Å². The smallest absolute Gasteiger partial charge is 0.233 e. The lowest BCUT2D eigenvalue weighted by atomic mass is 10.2. The highest BCUT2D eigenvalue weighted by Gasteiger charge is 2.09. The zero-order chi connectivity index (χ0) is 13.0. The van der Waals surface area contributed by atoms with Gasteiger partial charge < -0.3 is 9.47 Å². The molecule has 0 atom stereocenters. The maximum absolute atomic E-state index is 5.66. The molecule has 2 rings (SSSR count). The minimum absolute atomic E-state index is 0.464. The third-order valence-corrected chi connectivity index (χ3v) is 3.44. The Balaban J connectivity index is 2.12. The van der Waals surface area contributed by atoms with Gasteiger partial charge in [-0.2, -0.15) is 0 Å². The number of nitrogens with zero attached hydrogens (tertiary/aromatic N) is 2. The summed E-state index contributed by atoms with van der Waals surface area (Å²) in [6.45, 7) is 3.09. The first-order valence-electron chi connectivity index (χ1n) is 5.73. The van der Waals surface area contributed by atoms with Crippen molar-refractivity contribution in [3.05, 3.63) is 39.6 Å². The lowest BCUT2D eigenvalue weighted by Crippen LogP contribution is -2.03. The molecule has 5 heteroatoms. The van der Waals surface area contributed by atoms with E-state index in [1.165, 1.54) is 0 Å². The third kappa shape index (κ3) is 3.16. The van der Waals surface area contributed by atoms with Crippen molar-refractivity contribution in [2.75, 3.05) is 6.61 Å². The Hall–Kier alpha value is -1.24. The van der Waals surface area contributed by atoms with Crippen LogP contribution < -0.4 is 9.47 Å². The lowest BCUT2D eigenvalue weighted by molar-refractivity contribution is 0.274. The van der Waals surface area contributed by atoms with E-state index in [0.717, 1.165) is 14.9 Å². The van der Waals surface area contributed by atoms with Gasteiger partial charge in [-0.1, -0.05) is 6.07 Å². The Morgan fingerprint density at radius 1 is 1.28 bits per heavy atom. The average molecular weight is 358 g/mol. The van der Waals surface area contributed by atoms with Crippen LogP contribution in [0.25, 0.3) is 0 Å². The minimum Gasteiger partial charge on any atom is -0.493 e. The second-order valence-electron chi connectivity index (χ2n) is 3.77. The maximum Gasteiger partial charge on any atom is 0.233 e. The third-order valence-electron chi connectivity index (χ3n) is 2.43. The average Bonchev–Trinajstić information content (AvgIpc) is 2.75. The molecule has 4 nitrogen and oxygen atoms in total. The van der Waals surface area contributed by atoms with E-state index in [4.69, 9.17) is 9.47 Å². The number of rotatable bonds is 5. The molecule has 0 aliphatic heterocycles. The molecule has 0 saturated heterocycles. The zero-order valence-electron chi connectivity index (χ0n) is 10.4. The second-order valence-corrected chi connectivity index (χ2v) is 4.93. The van der Waals surface area contributed by atoms with Gasteiger partial charge in [0.25, 0.3) is 0 Å². The summed E-state index contributed by atoms with van der Waals surface area (Å²) < 4.78 is 14.1. The Kier molecular flexibility index (Phi) is 4.46. The molecule has 0 fully saturated rings. The molecule has 96 valence electrons. The van der Waals surface area contributed by atoms with Crippen molar-refractivity contribution in [3.8, 4) is 11.6 Å². The van der Waals surface area contributed by atoms with Crippen LogP contribution in [-0.4, -0.2) is 16.4 Å². The molecule has 0 bridgehead atoms. The van der Waals surface area contributed by atoms with E-state index in [1.807, 2.05) is 44.4 Å².